The maximum atomic E-state index is 13.5. The van der Waals surface area contributed by atoms with Gasteiger partial charge in [0.2, 0.25) is 0 Å². The van der Waals surface area contributed by atoms with Gasteiger partial charge in [0.15, 0.2) is 0 Å². The van der Waals surface area contributed by atoms with Crippen molar-refractivity contribution in [2.45, 2.75) is 5.92 Å². The molecule has 2 N–H and O–H groups in total. The summed E-state index contributed by atoms with van der Waals surface area (Å²) in [6.07, 6.45) is 0. The zero-order valence-corrected chi connectivity index (χ0v) is 13.4. The van der Waals surface area contributed by atoms with Gasteiger partial charge in [0, 0.05) is 12.5 Å². The number of nitrogens with two attached hydrogens (primary N) is 1. The molecule has 0 saturated heterocycles. The van der Waals surface area contributed by atoms with Crippen molar-refractivity contribution in [3.8, 4) is 0 Å². The fourth-order valence-electron chi connectivity index (χ4n) is 3.48. The van der Waals surface area contributed by atoms with Crippen molar-refractivity contribution in [3.05, 3.63) is 60.2 Å². The molecule has 3 aromatic rings. The Bertz CT molecular complexity index is 916. The van der Waals surface area contributed by atoms with Crippen LogP contribution in [-0.4, -0.2) is 25.0 Å². The van der Waals surface area contributed by atoms with Crippen LogP contribution >= 0.6 is 0 Å². The second-order valence-corrected chi connectivity index (χ2v) is 6.42. The van der Waals surface area contributed by atoms with Crippen LogP contribution in [0.2, 0.25) is 0 Å². The van der Waals surface area contributed by atoms with E-state index in [4.69, 9.17) is 10.5 Å². The molecule has 0 amide bonds. The summed E-state index contributed by atoms with van der Waals surface area (Å²) in [6, 6.07) is 17.0. The zero-order valence-electron chi connectivity index (χ0n) is 13.4. The van der Waals surface area contributed by atoms with E-state index >= 15 is 0 Å². The van der Waals surface area contributed by atoms with E-state index in [1.54, 1.807) is 0 Å². The third-order valence-electron chi connectivity index (χ3n) is 4.99. The van der Waals surface area contributed by atoms with Crippen LogP contribution in [0.1, 0.15) is 10.4 Å². The molecule has 1 fully saturated rings. The summed E-state index contributed by atoms with van der Waals surface area (Å²) in [5.74, 6) is -5.30. The molecule has 3 aromatic carbocycles. The van der Waals surface area contributed by atoms with Gasteiger partial charge in [0.1, 0.15) is 6.61 Å². The average molecular weight is 341 g/mol. The predicted molar refractivity (Wildman–Crippen MR) is 92.7 cm³/mol. The van der Waals surface area contributed by atoms with Gasteiger partial charge in [-0.2, -0.15) is 0 Å². The highest BCUT2D eigenvalue weighted by atomic mass is 19.3. The Morgan fingerprint density at radius 1 is 1.00 bits per heavy atom. The number of esters is 1. The van der Waals surface area contributed by atoms with E-state index in [1.165, 1.54) is 0 Å². The number of benzene rings is 3. The van der Waals surface area contributed by atoms with E-state index < -0.39 is 23.7 Å². The zero-order chi connectivity index (χ0) is 17.6. The molecule has 2 atom stereocenters. The number of fused-ring (bicyclic) bond motifs is 2. The SMILES string of the molecule is NCC1C(COC(=O)c2c3ccccc3cc3ccccc23)C1(F)F. The lowest BCUT2D eigenvalue weighted by Crippen LogP contribution is -2.11. The Hall–Kier alpha value is -2.53. The fraction of sp³-hybridized carbons (Fsp3) is 0.250. The Labute approximate surface area is 143 Å². The lowest BCUT2D eigenvalue weighted by molar-refractivity contribution is 0.0365. The van der Waals surface area contributed by atoms with Crippen LogP contribution in [0.5, 0.6) is 0 Å². The van der Waals surface area contributed by atoms with Gasteiger partial charge in [0.05, 0.1) is 11.5 Å². The largest absolute Gasteiger partial charge is 0.462 e. The lowest BCUT2D eigenvalue weighted by Gasteiger charge is -2.11. The molecule has 3 nitrogen and oxygen atoms in total. The van der Waals surface area contributed by atoms with Crippen molar-refractivity contribution < 1.29 is 18.3 Å². The van der Waals surface area contributed by atoms with Gasteiger partial charge in [-0.3, -0.25) is 0 Å². The smallest absolute Gasteiger partial charge is 0.339 e. The van der Waals surface area contributed by atoms with Crippen LogP contribution in [0.3, 0.4) is 0 Å². The summed E-state index contributed by atoms with van der Waals surface area (Å²) >= 11 is 0. The Morgan fingerprint density at radius 2 is 1.56 bits per heavy atom. The van der Waals surface area contributed by atoms with Gasteiger partial charge in [0.25, 0.3) is 5.92 Å². The highest BCUT2D eigenvalue weighted by molar-refractivity contribution is 6.16. The summed E-state index contributed by atoms with van der Waals surface area (Å²) in [5, 5.41) is 3.32. The van der Waals surface area contributed by atoms with Crippen molar-refractivity contribution in [3.63, 3.8) is 0 Å². The Morgan fingerprint density at radius 3 is 2.08 bits per heavy atom. The van der Waals surface area contributed by atoms with E-state index in [0.29, 0.717) is 5.56 Å². The van der Waals surface area contributed by atoms with E-state index in [9.17, 15) is 13.6 Å². The second-order valence-electron chi connectivity index (χ2n) is 6.42. The van der Waals surface area contributed by atoms with E-state index in [2.05, 4.69) is 0 Å². The number of carbonyl (C=O) groups is 1. The number of hydrogen-bond acceptors (Lipinski definition) is 3. The van der Waals surface area contributed by atoms with Crippen molar-refractivity contribution >= 4 is 27.5 Å². The molecule has 0 spiro atoms. The summed E-state index contributed by atoms with van der Waals surface area (Å²) in [5.41, 5.74) is 5.76. The van der Waals surface area contributed by atoms with Crippen LogP contribution < -0.4 is 5.73 Å². The summed E-state index contributed by atoms with van der Waals surface area (Å²) in [4.78, 5) is 12.7. The fourth-order valence-corrected chi connectivity index (χ4v) is 3.48. The third-order valence-corrected chi connectivity index (χ3v) is 4.99. The number of halogens is 2. The van der Waals surface area contributed by atoms with Crippen LogP contribution in [0.4, 0.5) is 8.78 Å². The highest BCUT2D eigenvalue weighted by Gasteiger charge is 2.67. The quantitative estimate of drug-likeness (QED) is 0.577. The second kappa shape index (κ2) is 5.77. The molecule has 4 rings (SSSR count). The number of alkyl halides is 2. The summed E-state index contributed by atoms with van der Waals surface area (Å²) in [7, 11) is 0. The molecule has 0 bridgehead atoms. The van der Waals surface area contributed by atoms with Crippen molar-refractivity contribution in [1.29, 1.82) is 0 Å². The monoisotopic (exact) mass is 341 g/mol. The maximum Gasteiger partial charge on any atom is 0.339 e. The van der Waals surface area contributed by atoms with Crippen molar-refractivity contribution in [2.75, 3.05) is 13.2 Å². The summed E-state index contributed by atoms with van der Waals surface area (Å²) in [6.45, 7) is -0.419. The van der Waals surface area contributed by atoms with Gasteiger partial charge in [-0.25, -0.2) is 13.6 Å². The number of carbonyl (C=O) groups excluding carboxylic acids is 1. The molecule has 1 saturated carbocycles. The van der Waals surface area contributed by atoms with Crippen LogP contribution in [0.15, 0.2) is 54.6 Å². The highest BCUT2D eigenvalue weighted by Crippen LogP contribution is 2.54. The minimum absolute atomic E-state index is 0.105. The van der Waals surface area contributed by atoms with Crippen LogP contribution in [-0.2, 0) is 4.74 Å². The minimum atomic E-state index is -2.84. The first-order valence-electron chi connectivity index (χ1n) is 8.19. The molecule has 1 aliphatic carbocycles. The first kappa shape index (κ1) is 16.0. The van der Waals surface area contributed by atoms with Crippen molar-refractivity contribution in [2.24, 2.45) is 17.6 Å². The lowest BCUT2D eigenvalue weighted by atomic mass is 9.97. The molecule has 0 radical (unpaired) electrons. The standard InChI is InChI=1S/C20H17F2NO2/c21-20(22)16(10-23)17(20)11-25-19(24)18-14-7-3-1-5-12(14)9-13-6-2-4-8-15(13)18/h1-9,16-17H,10-11,23H2. The van der Waals surface area contributed by atoms with Gasteiger partial charge in [-0.05, 0) is 27.6 Å². The van der Waals surface area contributed by atoms with Crippen molar-refractivity contribution in [1.82, 2.24) is 0 Å². The topological polar surface area (TPSA) is 52.3 Å². The van der Waals surface area contributed by atoms with E-state index in [1.807, 2.05) is 54.6 Å². The molecular weight excluding hydrogens is 324 g/mol. The normalized spacial score (nSPS) is 21.4. The predicted octanol–water partition coefficient (Wildman–Crippen LogP) is 3.99. The Balaban J connectivity index is 1.70. The molecule has 2 unspecified atom stereocenters. The van der Waals surface area contributed by atoms with Gasteiger partial charge >= 0.3 is 5.97 Å². The molecule has 5 heteroatoms. The molecule has 0 heterocycles. The van der Waals surface area contributed by atoms with E-state index in [0.717, 1.165) is 21.5 Å². The Kier molecular flexibility index (Phi) is 3.69. The molecule has 1 aliphatic rings. The first-order valence-corrected chi connectivity index (χ1v) is 8.19. The number of ether oxygens (including phenoxy) is 1. The third kappa shape index (κ3) is 2.55. The first-order chi connectivity index (χ1) is 12.0. The summed E-state index contributed by atoms with van der Waals surface area (Å²) < 4.78 is 32.4. The molecule has 128 valence electrons. The molecule has 0 aromatic heterocycles. The molecule has 25 heavy (non-hydrogen) atoms. The van der Waals surface area contributed by atoms with E-state index in [-0.39, 0.29) is 13.2 Å². The van der Waals surface area contributed by atoms with Gasteiger partial charge < -0.3 is 10.5 Å². The number of rotatable bonds is 4. The maximum absolute atomic E-state index is 13.5. The number of hydrogen-bond donors (Lipinski definition) is 1. The van der Waals surface area contributed by atoms with Crippen LogP contribution in [0.25, 0.3) is 21.5 Å². The molecular formula is C20H17F2NO2. The van der Waals surface area contributed by atoms with Gasteiger partial charge in [-0.15, -0.1) is 0 Å². The minimum Gasteiger partial charge on any atom is -0.462 e. The average Bonchev–Trinajstić information content (AvgIpc) is 3.16. The van der Waals surface area contributed by atoms with Crippen LogP contribution in [0, 0.1) is 11.8 Å². The molecule has 0 aliphatic heterocycles. The van der Waals surface area contributed by atoms with Gasteiger partial charge in [-0.1, -0.05) is 48.5 Å².